The molecule has 1 aromatic rings. The molecule has 0 aliphatic carbocycles. The van der Waals surface area contributed by atoms with Gasteiger partial charge in [0.2, 0.25) is 0 Å². The number of hydrogen-bond donors (Lipinski definition) is 0. The number of carbonyl (C=O) groups is 1. The van der Waals surface area contributed by atoms with Crippen molar-refractivity contribution in [1.82, 2.24) is 0 Å². The molecule has 0 saturated heterocycles. The number of ether oxygens (including phenoxy) is 1. The molecule has 1 aromatic carbocycles. The largest absolute Gasteiger partial charge is 1.00 e. The van der Waals surface area contributed by atoms with E-state index >= 15 is 0 Å². The Bertz CT molecular complexity index is 391. The van der Waals surface area contributed by atoms with Crippen LogP contribution in [0.3, 0.4) is 0 Å². The van der Waals surface area contributed by atoms with E-state index in [0.29, 0.717) is 11.6 Å². The molecule has 0 fully saturated rings. The van der Waals surface area contributed by atoms with Crippen LogP contribution in [0.5, 0.6) is 0 Å². The van der Waals surface area contributed by atoms with Gasteiger partial charge in [-0.15, -0.1) is 0 Å². The van der Waals surface area contributed by atoms with Gasteiger partial charge in [-0.2, -0.15) is 0 Å². The second-order valence-corrected chi connectivity index (χ2v) is 5.41. The Balaban J connectivity index is 0.00000289. The molecule has 5 heteroatoms. The Morgan fingerprint density at radius 1 is 1.28 bits per heavy atom. The maximum absolute atomic E-state index is 11.6. The Morgan fingerprint density at radius 2 is 1.89 bits per heavy atom. The van der Waals surface area contributed by atoms with E-state index in [-0.39, 0.29) is 36.4 Å². The van der Waals surface area contributed by atoms with Crippen LogP contribution in [0, 0.1) is 0 Å². The maximum Gasteiger partial charge on any atom is 0.310 e. The number of halogens is 2. The van der Waals surface area contributed by atoms with Crippen molar-refractivity contribution >= 4 is 17.6 Å². The minimum atomic E-state index is -0.230. The fraction of sp³-hybridized carbons (Fsp3) is 0.462. The van der Waals surface area contributed by atoms with Crippen LogP contribution >= 0.6 is 11.6 Å². The summed E-state index contributed by atoms with van der Waals surface area (Å²) in [7, 11) is 6.17. The third-order valence-corrected chi connectivity index (χ3v) is 2.69. The summed E-state index contributed by atoms with van der Waals surface area (Å²) >= 11 is 5.96. The van der Waals surface area contributed by atoms with Gasteiger partial charge in [0.05, 0.1) is 27.6 Å². The van der Waals surface area contributed by atoms with Crippen LogP contribution in [0.4, 0.5) is 0 Å². The first-order chi connectivity index (χ1) is 7.88. The molecule has 0 aromatic heterocycles. The summed E-state index contributed by atoms with van der Waals surface area (Å²) in [5.41, 5.74) is 0.810. The van der Waals surface area contributed by atoms with E-state index in [9.17, 15) is 4.79 Å². The van der Waals surface area contributed by atoms with Crippen LogP contribution in [-0.2, 0) is 16.0 Å². The van der Waals surface area contributed by atoms with E-state index < -0.39 is 0 Å². The molecule has 0 atom stereocenters. The van der Waals surface area contributed by atoms with Crippen molar-refractivity contribution in [3.8, 4) is 0 Å². The predicted octanol–water partition coefficient (Wildman–Crippen LogP) is -0.864. The van der Waals surface area contributed by atoms with Crippen LogP contribution in [0.2, 0.25) is 5.02 Å². The van der Waals surface area contributed by atoms with Crippen molar-refractivity contribution in [2.45, 2.75) is 6.42 Å². The summed E-state index contributed by atoms with van der Waals surface area (Å²) < 4.78 is 5.94. The molecule has 3 nitrogen and oxygen atoms in total. The summed E-state index contributed by atoms with van der Waals surface area (Å²) in [5.74, 6) is -0.230. The van der Waals surface area contributed by atoms with Gasteiger partial charge in [0.25, 0.3) is 0 Å². The predicted molar refractivity (Wildman–Crippen MR) is 69.0 cm³/mol. The van der Waals surface area contributed by atoms with Gasteiger partial charge in [-0.3, -0.25) is 4.79 Å². The smallest absolute Gasteiger partial charge is 0.310 e. The van der Waals surface area contributed by atoms with Gasteiger partial charge in [-0.1, -0.05) is 29.8 Å². The Labute approximate surface area is 131 Å². The van der Waals surface area contributed by atoms with Gasteiger partial charge in [-0.05, 0) is 11.6 Å². The summed E-state index contributed by atoms with van der Waals surface area (Å²) in [5, 5.41) is 0.607. The molecule has 102 valence electrons. The first-order valence-corrected chi connectivity index (χ1v) is 5.96. The number of hydrogen-bond acceptors (Lipinski definition) is 2. The number of esters is 1. The lowest BCUT2D eigenvalue weighted by Gasteiger charge is -2.23. The molecule has 0 spiro atoms. The van der Waals surface area contributed by atoms with Crippen molar-refractivity contribution in [2.24, 2.45) is 0 Å². The van der Waals surface area contributed by atoms with Crippen molar-refractivity contribution in [3.05, 3.63) is 34.9 Å². The van der Waals surface area contributed by atoms with Crippen LogP contribution in [0.1, 0.15) is 5.56 Å². The van der Waals surface area contributed by atoms with Gasteiger partial charge in [-0.25, -0.2) is 0 Å². The standard InChI is InChI=1S/C13H19ClNO2.HI/c1-15(2,3)8-9-17-13(16)10-11-6-4-5-7-12(11)14;/h4-7H,8-10H2,1-3H3;1H/q+1;/p-1. The highest BCUT2D eigenvalue weighted by Gasteiger charge is 2.11. The maximum atomic E-state index is 11.6. The minimum absolute atomic E-state index is 0. The van der Waals surface area contributed by atoms with Gasteiger partial charge in [0.1, 0.15) is 13.2 Å². The molecule has 0 aliphatic rings. The van der Waals surface area contributed by atoms with E-state index in [1.807, 2.05) is 18.2 Å². The van der Waals surface area contributed by atoms with Crippen molar-refractivity contribution in [3.63, 3.8) is 0 Å². The summed E-state index contributed by atoms with van der Waals surface area (Å²) in [6.07, 6.45) is 0.233. The summed E-state index contributed by atoms with van der Waals surface area (Å²) in [4.78, 5) is 11.6. The molecule has 1 rings (SSSR count). The van der Waals surface area contributed by atoms with E-state index in [4.69, 9.17) is 16.3 Å². The summed E-state index contributed by atoms with van der Waals surface area (Å²) in [6, 6.07) is 7.31. The molecular weight excluding hydrogens is 365 g/mol. The first kappa shape index (κ1) is 17.7. The number of nitrogens with zero attached hydrogens (tertiary/aromatic N) is 1. The zero-order valence-corrected chi connectivity index (χ0v) is 13.9. The fourth-order valence-corrected chi connectivity index (χ4v) is 1.48. The quantitative estimate of drug-likeness (QED) is 0.376. The topological polar surface area (TPSA) is 26.3 Å². The number of likely N-dealkylation sites (N-methyl/N-ethyl adjacent to an activating group) is 1. The van der Waals surface area contributed by atoms with Gasteiger partial charge in [0.15, 0.2) is 0 Å². The number of rotatable bonds is 5. The Kier molecular flexibility index (Phi) is 7.82. The monoisotopic (exact) mass is 383 g/mol. The molecule has 0 bridgehead atoms. The van der Waals surface area contributed by atoms with Crippen molar-refractivity contribution in [1.29, 1.82) is 0 Å². The molecule has 0 saturated carbocycles. The third-order valence-electron chi connectivity index (χ3n) is 2.32. The highest BCUT2D eigenvalue weighted by atomic mass is 127. The first-order valence-electron chi connectivity index (χ1n) is 5.58. The molecule has 0 heterocycles. The highest BCUT2D eigenvalue weighted by molar-refractivity contribution is 6.31. The van der Waals surface area contributed by atoms with Crippen molar-refractivity contribution < 1.29 is 38.0 Å². The molecule has 0 amide bonds. The Morgan fingerprint density at radius 3 is 2.44 bits per heavy atom. The Hall–Kier alpha value is -0.330. The molecule has 18 heavy (non-hydrogen) atoms. The van der Waals surface area contributed by atoms with Crippen LogP contribution in [-0.4, -0.2) is 44.7 Å². The van der Waals surface area contributed by atoms with E-state index in [2.05, 4.69) is 21.1 Å². The summed E-state index contributed by atoms with van der Waals surface area (Å²) in [6.45, 7) is 1.24. The lowest BCUT2D eigenvalue weighted by Crippen LogP contribution is -3.00. The SMILES string of the molecule is C[N+](C)(C)CCOC(=O)Cc1ccccc1Cl.[I-]. The van der Waals surface area contributed by atoms with Crippen molar-refractivity contribution in [2.75, 3.05) is 34.3 Å². The highest BCUT2D eigenvalue weighted by Crippen LogP contribution is 2.15. The average molecular weight is 384 g/mol. The number of benzene rings is 1. The lowest BCUT2D eigenvalue weighted by molar-refractivity contribution is -0.870. The fourth-order valence-electron chi connectivity index (χ4n) is 1.28. The molecule has 0 radical (unpaired) electrons. The van der Waals surface area contributed by atoms with Gasteiger partial charge >= 0.3 is 5.97 Å². The zero-order valence-electron chi connectivity index (χ0n) is 11.0. The molecule has 0 N–H and O–H groups in total. The van der Waals surface area contributed by atoms with E-state index in [1.165, 1.54) is 0 Å². The molecule has 0 aliphatic heterocycles. The lowest BCUT2D eigenvalue weighted by atomic mass is 10.1. The van der Waals surface area contributed by atoms with E-state index in [1.54, 1.807) is 6.07 Å². The van der Waals surface area contributed by atoms with Crippen LogP contribution in [0.25, 0.3) is 0 Å². The van der Waals surface area contributed by atoms with Gasteiger partial charge < -0.3 is 33.2 Å². The van der Waals surface area contributed by atoms with E-state index in [0.717, 1.165) is 16.6 Å². The number of carbonyl (C=O) groups excluding carboxylic acids is 1. The average Bonchev–Trinajstić information content (AvgIpc) is 2.19. The van der Waals surface area contributed by atoms with Crippen LogP contribution < -0.4 is 24.0 Å². The zero-order chi connectivity index (χ0) is 12.9. The normalized spacial score (nSPS) is 10.7. The second kappa shape index (κ2) is 7.96. The molecule has 0 unspecified atom stereocenters. The minimum Gasteiger partial charge on any atom is -1.00 e. The second-order valence-electron chi connectivity index (χ2n) is 5.00. The third kappa shape index (κ3) is 7.18. The van der Waals surface area contributed by atoms with Gasteiger partial charge in [0, 0.05) is 5.02 Å². The van der Waals surface area contributed by atoms with Crippen LogP contribution in [0.15, 0.2) is 24.3 Å². The number of quaternary nitrogens is 1. The molecular formula is C13H19ClINO2.